The molecule has 0 unspecified atom stereocenters. The molecule has 0 heterocycles. The summed E-state index contributed by atoms with van der Waals surface area (Å²) in [4.78, 5) is 12.3. The second kappa shape index (κ2) is 8.49. The summed E-state index contributed by atoms with van der Waals surface area (Å²) in [7, 11) is -3.60. The molecule has 0 bridgehead atoms. The van der Waals surface area contributed by atoms with Gasteiger partial charge in [0.15, 0.2) is 5.94 Å². The van der Waals surface area contributed by atoms with E-state index in [0.717, 1.165) is 12.8 Å². The van der Waals surface area contributed by atoms with Crippen LogP contribution in [0.5, 0.6) is 5.75 Å². The number of ether oxygens (including phenoxy) is 2. The molecule has 0 saturated heterocycles. The summed E-state index contributed by atoms with van der Waals surface area (Å²) < 4.78 is 35.1. The lowest BCUT2D eigenvalue weighted by Crippen LogP contribution is -2.15. The fourth-order valence-electron chi connectivity index (χ4n) is 1.99. The molecule has 0 saturated carbocycles. The molecule has 0 aliphatic rings. The number of carbonyl (C=O) groups is 1. The van der Waals surface area contributed by atoms with Crippen LogP contribution in [-0.4, -0.2) is 26.9 Å². The van der Waals surface area contributed by atoms with Crippen molar-refractivity contribution in [1.29, 1.82) is 0 Å². The maximum atomic E-state index is 12.3. The minimum Gasteiger partial charge on any atom is -0.476 e. The molecule has 0 aliphatic carbocycles. The number of hydrogen-bond donors (Lipinski definition) is 0. The summed E-state index contributed by atoms with van der Waals surface area (Å²) >= 11 is 0. The van der Waals surface area contributed by atoms with Gasteiger partial charge in [0.1, 0.15) is 11.3 Å². The highest BCUT2D eigenvalue weighted by molar-refractivity contribution is 7.91. The normalized spacial score (nSPS) is 11.0. The minimum atomic E-state index is -3.60. The van der Waals surface area contributed by atoms with Gasteiger partial charge in [-0.15, -0.1) is 0 Å². The highest BCUT2D eigenvalue weighted by atomic mass is 32.2. The lowest BCUT2D eigenvalue weighted by molar-refractivity contribution is 0.0495. The lowest BCUT2D eigenvalue weighted by Gasteiger charge is -2.11. The maximum Gasteiger partial charge on any atom is 0.341 e. The number of carbonyl (C=O) groups excluding carboxylic acids is 1. The molecule has 24 heavy (non-hydrogen) atoms. The lowest BCUT2D eigenvalue weighted by atomic mass is 10.2. The van der Waals surface area contributed by atoms with Crippen LogP contribution in [0.3, 0.4) is 0 Å². The predicted octanol–water partition coefficient (Wildman–Crippen LogP) is 3.45. The zero-order valence-electron chi connectivity index (χ0n) is 13.5. The standard InChI is InChI=1S/C18H20O5S/c1-2-3-13-22-18(19)16-11-7-8-12-17(16)23-14-24(20,21)15-9-5-4-6-10-15/h4-12H,2-3,13-14H2,1H3. The quantitative estimate of drug-likeness (QED) is 0.540. The van der Waals surface area contributed by atoms with Crippen molar-refractivity contribution < 1.29 is 22.7 Å². The van der Waals surface area contributed by atoms with Crippen LogP contribution in [0.15, 0.2) is 59.5 Å². The Labute approximate surface area is 142 Å². The predicted molar refractivity (Wildman–Crippen MR) is 90.8 cm³/mol. The summed E-state index contributed by atoms with van der Waals surface area (Å²) in [6.45, 7) is 2.32. The first-order valence-corrected chi connectivity index (χ1v) is 9.36. The monoisotopic (exact) mass is 348 g/mol. The highest BCUT2D eigenvalue weighted by Gasteiger charge is 2.18. The zero-order chi connectivity index (χ0) is 17.4. The molecule has 0 spiro atoms. The SMILES string of the molecule is CCCCOC(=O)c1ccccc1OCS(=O)(=O)c1ccccc1. The van der Waals surface area contributed by atoms with Gasteiger partial charge in [-0.25, -0.2) is 13.2 Å². The molecule has 0 radical (unpaired) electrons. The van der Waals surface area contributed by atoms with E-state index in [1.807, 2.05) is 6.92 Å². The molecule has 2 aromatic carbocycles. The van der Waals surface area contributed by atoms with Crippen molar-refractivity contribution in [3.05, 3.63) is 60.2 Å². The average Bonchev–Trinajstić information content (AvgIpc) is 2.61. The minimum absolute atomic E-state index is 0.174. The van der Waals surface area contributed by atoms with Crippen molar-refractivity contribution in [3.8, 4) is 5.75 Å². The van der Waals surface area contributed by atoms with Crippen LogP contribution in [0, 0.1) is 0 Å². The molecule has 0 atom stereocenters. The summed E-state index contributed by atoms with van der Waals surface area (Å²) in [5.41, 5.74) is 0.219. The first-order valence-electron chi connectivity index (χ1n) is 7.71. The molecule has 0 aromatic heterocycles. The molecule has 6 heteroatoms. The number of para-hydroxylation sites is 1. The van der Waals surface area contributed by atoms with E-state index in [1.165, 1.54) is 12.1 Å². The van der Waals surface area contributed by atoms with Crippen LogP contribution in [0.2, 0.25) is 0 Å². The molecular formula is C18H20O5S. The van der Waals surface area contributed by atoms with E-state index < -0.39 is 21.7 Å². The first kappa shape index (κ1) is 18.0. The van der Waals surface area contributed by atoms with E-state index in [2.05, 4.69) is 0 Å². The topological polar surface area (TPSA) is 69.7 Å². The number of hydrogen-bond acceptors (Lipinski definition) is 5. The Bertz CT molecular complexity index is 769. The third kappa shape index (κ3) is 4.83. The van der Waals surface area contributed by atoms with Crippen LogP contribution in [-0.2, 0) is 14.6 Å². The average molecular weight is 348 g/mol. The van der Waals surface area contributed by atoms with Crippen LogP contribution in [0.4, 0.5) is 0 Å². The molecule has 0 amide bonds. The molecule has 2 rings (SSSR count). The summed E-state index contributed by atoms with van der Waals surface area (Å²) in [5, 5.41) is 0. The second-order valence-electron chi connectivity index (χ2n) is 5.18. The summed E-state index contributed by atoms with van der Waals surface area (Å²) in [6.07, 6.45) is 1.69. The van der Waals surface area contributed by atoms with E-state index in [9.17, 15) is 13.2 Å². The number of rotatable bonds is 8. The fourth-order valence-corrected chi connectivity index (χ4v) is 2.98. The van der Waals surface area contributed by atoms with Crippen molar-refractivity contribution in [2.45, 2.75) is 24.7 Å². The fraction of sp³-hybridized carbons (Fsp3) is 0.278. The van der Waals surface area contributed by atoms with Gasteiger partial charge < -0.3 is 9.47 Å². The Morgan fingerprint density at radius 3 is 2.38 bits per heavy atom. The smallest absolute Gasteiger partial charge is 0.341 e. The van der Waals surface area contributed by atoms with Crippen molar-refractivity contribution in [2.75, 3.05) is 12.5 Å². The van der Waals surface area contributed by atoms with Crippen LogP contribution >= 0.6 is 0 Å². The molecule has 2 aromatic rings. The number of unbranched alkanes of at least 4 members (excludes halogenated alkanes) is 1. The highest BCUT2D eigenvalue weighted by Crippen LogP contribution is 2.21. The number of sulfone groups is 1. The Balaban J connectivity index is 2.09. The Morgan fingerprint density at radius 2 is 1.67 bits per heavy atom. The van der Waals surface area contributed by atoms with Crippen molar-refractivity contribution in [2.24, 2.45) is 0 Å². The molecule has 0 N–H and O–H groups in total. The first-order chi connectivity index (χ1) is 11.5. The van der Waals surface area contributed by atoms with Gasteiger partial charge in [0, 0.05) is 0 Å². The van der Waals surface area contributed by atoms with E-state index in [0.29, 0.717) is 6.61 Å². The van der Waals surface area contributed by atoms with Gasteiger partial charge in [0.05, 0.1) is 11.5 Å². The Kier molecular flexibility index (Phi) is 6.37. The zero-order valence-corrected chi connectivity index (χ0v) is 14.3. The van der Waals surface area contributed by atoms with E-state index in [1.54, 1.807) is 42.5 Å². The third-order valence-corrected chi connectivity index (χ3v) is 4.73. The van der Waals surface area contributed by atoms with Crippen LogP contribution in [0.25, 0.3) is 0 Å². The third-order valence-electron chi connectivity index (χ3n) is 3.31. The summed E-state index contributed by atoms with van der Waals surface area (Å²) in [5.74, 6) is -0.870. The Hall–Kier alpha value is -2.34. The molecule has 0 fully saturated rings. The number of esters is 1. The summed E-state index contributed by atoms with van der Waals surface area (Å²) in [6, 6.07) is 14.5. The van der Waals surface area contributed by atoms with Gasteiger partial charge in [-0.2, -0.15) is 0 Å². The van der Waals surface area contributed by atoms with E-state index >= 15 is 0 Å². The number of benzene rings is 2. The van der Waals surface area contributed by atoms with Crippen LogP contribution < -0.4 is 4.74 Å². The molecule has 0 aliphatic heterocycles. The largest absolute Gasteiger partial charge is 0.476 e. The van der Waals surface area contributed by atoms with Crippen molar-refractivity contribution >= 4 is 15.8 Å². The van der Waals surface area contributed by atoms with Gasteiger partial charge in [-0.3, -0.25) is 0 Å². The van der Waals surface area contributed by atoms with Crippen molar-refractivity contribution in [1.82, 2.24) is 0 Å². The second-order valence-corrected chi connectivity index (χ2v) is 7.11. The van der Waals surface area contributed by atoms with Gasteiger partial charge in [0.25, 0.3) is 0 Å². The van der Waals surface area contributed by atoms with E-state index in [4.69, 9.17) is 9.47 Å². The van der Waals surface area contributed by atoms with Gasteiger partial charge in [-0.05, 0) is 30.7 Å². The Morgan fingerprint density at radius 1 is 1.00 bits per heavy atom. The molecule has 5 nitrogen and oxygen atoms in total. The van der Waals surface area contributed by atoms with Gasteiger partial charge >= 0.3 is 5.97 Å². The van der Waals surface area contributed by atoms with Gasteiger partial charge in [0.2, 0.25) is 9.84 Å². The van der Waals surface area contributed by atoms with Crippen LogP contribution in [0.1, 0.15) is 30.1 Å². The maximum absolute atomic E-state index is 12.3. The van der Waals surface area contributed by atoms with Gasteiger partial charge in [-0.1, -0.05) is 43.7 Å². The van der Waals surface area contributed by atoms with E-state index in [-0.39, 0.29) is 16.2 Å². The molecule has 128 valence electrons. The van der Waals surface area contributed by atoms with Crippen molar-refractivity contribution in [3.63, 3.8) is 0 Å². The molecular weight excluding hydrogens is 328 g/mol.